The first-order valence-electron chi connectivity index (χ1n) is 9.86. The second kappa shape index (κ2) is 8.35. The second-order valence-electron chi connectivity index (χ2n) is 7.93. The van der Waals surface area contributed by atoms with Crippen molar-refractivity contribution in [2.75, 3.05) is 57.8 Å². The number of aliphatic hydroxyl groups is 1. The zero-order chi connectivity index (χ0) is 18.6. The number of aromatic nitrogens is 1. The van der Waals surface area contributed by atoms with E-state index in [1.807, 2.05) is 17.0 Å². The molecule has 0 bridgehead atoms. The Hall–Kier alpha value is -1.66. The molecule has 26 heavy (non-hydrogen) atoms. The van der Waals surface area contributed by atoms with Crippen LogP contribution in [0.15, 0.2) is 18.3 Å². The van der Waals surface area contributed by atoms with Crippen LogP contribution < -0.4 is 4.90 Å². The van der Waals surface area contributed by atoms with Crippen LogP contribution in [0.4, 0.5) is 5.82 Å². The molecule has 1 aromatic rings. The van der Waals surface area contributed by atoms with Crippen molar-refractivity contribution in [3.8, 4) is 0 Å². The Morgan fingerprint density at radius 2 is 2.04 bits per heavy atom. The van der Waals surface area contributed by atoms with Gasteiger partial charge in [-0.1, -0.05) is 13.3 Å². The fourth-order valence-corrected chi connectivity index (χ4v) is 4.26. The summed E-state index contributed by atoms with van der Waals surface area (Å²) >= 11 is 0. The number of piperazine rings is 1. The smallest absolute Gasteiger partial charge is 0.254 e. The maximum Gasteiger partial charge on any atom is 0.254 e. The molecule has 6 nitrogen and oxygen atoms in total. The lowest BCUT2D eigenvalue weighted by molar-refractivity contribution is 0.0664. The molecule has 144 valence electrons. The maximum atomic E-state index is 12.8. The van der Waals surface area contributed by atoms with Crippen molar-refractivity contribution in [2.45, 2.75) is 32.6 Å². The molecule has 6 heteroatoms. The van der Waals surface area contributed by atoms with Gasteiger partial charge in [-0.25, -0.2) is 4.98 Å². The summed E-state index contributed by atoms with van der Waals surface area (Å²) in [4.78, 5) is 23.8. The third kappa shape index (κ3) is 4.18. The predicted octanol–water partition coefficient (Wildman–Crippen LogP) is 1.85. The molecule has 3 heterocycles. The molecule has 0 saturated carbocycles. The van der Waals surface area contributed by atoms with Gasteiger partial charge in [-0.15, -0.1) is 0 Å². The number of aliphatic hydroxyl groups excluding tert-OH is 1. The summed E-state index contributed by atoms with van der Waals surface area (Å²) in [5, 5.41) is 9.96. The van der Waals surface area contributed by atoms with E-state index in [1.165, 1.54) is 0 Å². The predicted molar refractivity (Wildman–Crippen MR) is 104 cm³/mol. The highest BCUT2D eigenvalue weighted by atomic mass is 16.3. The zero-order valence-corrected chi connectivity index (χ0v) is 16.2. The third-order valence-electron chi connectivity index (χ3n) is 5.88. The monoisotopic (exact) mass is 360 g/mol. The summed E-state index contributed by atoms with van der Waals surface area (Å²) in [7, 11) is 2.09. The lowest BCUT2D eigenvalue weighted by atomic mass is 9.77. The van der Waals surface area contributed by atoms with Gasteiger partial charge in [0, 0.05) is 56.4 Å². The third-order valence-corrected chi connectivity index (χ3v) is 5.88. The van der Waals surface area contributed by atoms with Gasteiger partial charge in [-0.3, -0.25) is 4.79 Å². The quantitative estimate of drug-likeness (QED) is 0.868. The highest BCUT2D eigenvalue weighted by Crippen LogP contribution is 2.35. The standard InChI is InChI=1S/C20H32N4O2/c1-3-6-20(16-25)7-4-9-24(15-20)18-14-17(5-8-21-18)19(26)23-12-10-22(2)11-13-23/h5,8,14,25H,3-4,6-7,9-13,15-16H2,1-2H3. The molecule has 1 unspecified atom stereocenters. The van der Waals surface area contributed by atoms with Gasteiger partial charge in [0.1, 0.15) is 5.82 Å². The van der Waals surface area contributed by atoms with E-state index in [1.54, 1.807) is 6.20 Å². The van der Waals surface area contributed by atoms with Crippen LogP contribution in [0.25, 0.3) is 0 Å². The number of likely N-dealkylation sites (N-methyl/N-ethyl adjacent to an activating group) is 1. The molecule has 2 fully saturated rings. The van der Waals surface area contributed by atoms with Gasteiger partial charge >= 0.3 is 0 Å². The molecular formula is C20H32N4O2. The molecule has 1 amide bonds. The van der Waals surface area contributed by atoms with E-state index in [4.69, 9.17) is 0 Å². The molecule has 2 aliphatic rings. The summed E-state index contributed by atoms with van der Waals surface area (Å²) in [6, 6.07) is 3.75. The first kappa shape index (κ1) is 19.1. The number of carbonyl (C=O) groups excluding carboxylic acids is 1. The molecule has 1 aromatic heterocycles. The number of piperidine rings is 1. The number of nitrogens with zero attached hydrogens (tertiary/aromatic N) is 4. The molecule has 1 N–H and O–H groups in total. The van der Waals surface area contributed by atoms with E-state index in [0.29, 0.717) is 0 Å². The fraction of sp³-hybridized carbons (Fsp3) is 0.700. The Bertz CT molecular complexity index is 612. The molecule has 0 aliphatic carbocycles. The summed E-state index contributed by atoms with van der Waals surface area (Å²) < 4.78 is 0. The fourth-order valence-electron chi connectivity index (χ4n) is 4.26. The van der Waals surface area contributed by atoms with Crippen molar-refractivity contribution in [1.82, 2.24) is 14.8 Å². The molecular weight excluding hydrogens is 328 g/mol. The van der Waals surface area contributed by atoms with Gasteiger partial charge in [0.15, 0.2) is 0 Å². The van der Waals surface area contributed by atoms with Crippen LogP contribution in [0, 0.1) is 5.41 Å². The van der Waals surface area contributed by atoms with Crippen molar-refractivity contribution in [3.05, 3.63) is 23.9 Å². The first-order chi connectivity index (χ1) is 12.6. The molecule has 0 aromatic carbocycles. The summed E-state index contributed by atoms with van der Waals surface area (Å²) in [6.45, 7) is 7.54. The molecule has 2 aliphatic heterocycles. The number of hydrogen-bond donors (Lipinski definition) is 1. The van der Waals surface area contributed by atoms with Crippen LogP contribution in [0.2, 0.25) is 0 Å². The minimum atomic E-state index is -0.0356. The van der Waals surface area contributed by atoms with Crippen LogP contribution in [0.3, 0.4) is 0 Å². The van der Waals surface area contributed by atoms with Gasteiger partial charge in [-0.2, -0.15) is 0 Å². The average molecular weight is 361 g/mol. The van der Waals surface area contributed by atoms with Crippen LogP contribution in [0.5, 0.6) is 0 Å². The number of rotatable bonds is 5. The minimum absolute atomic E-state index is 0.0356. The van der Waals surface area contributed by atoms with Crippen molar-refractivity contribution >= 4 is 11.7 Å². The van der Waals surface area contributed by atoms with Crippen LogP contribution in [-0.4, -0.2) is 78.7 Å². The Labute approximate surface area is 156 Å². The SMILES string of the molecule is CCCC1(CO)CCCN(c2cc(C(=O)N3CCN(C)CC3)ccn2)C1. The van der Waals surface area contributed by atoms with Crippen LogP contribution in [0.1, 0.15) is 43.0 Å². The molecule has 0 spiro atoms. The van der Waals surface area contributed by atoms with E-state index >= 15 is 0 Å². The normalized spacial score (nSPS) is 24.7. The van der Waals surface area contributed by atoms with Gasteiger partial charge in [-0.05, 0) is 38.4 Å². The minimum Gasteiger partial charge on any atom is -0.396 e. The van der Waals surface area contributed by atoms with E-state index in [0.717, 1.165) is 76.3 Å². The van der Waals surface area contributed by atoms with Gasteiger partial charge in [0.05, 0.1) is 6.61 Å². The topological polar surface area (TPSA) is 59.9 Å². The Kier molecular flexibility index (Phi) is 6.14. The average Bonchev–Trinajstić information content (AvgIpc) is 2.68. The number of amides is 1. The Morgan fingerprint density at radius 1 is 1.27 bits per heavy atom. The summed E-state index contributed by atoms with van der Waals surface area (Å²) in [5.74, 6) is 0.958. The first-order valence-corrected chi connectivity index (χ1v) is 9.86. The number of pyridine rings is 1. The highest BCUT2D eigenvalue weighted by molar-refractivity contribution is 5.95. The lowest BCUT2D eigenvalue weighted by Crippen LogP contribution is -2.47. The number of hydrogen-bond acceptors (Lipinski definition) is 5. The molecule has 0 radical (unpaired) electrons. The van der Waals surface area contributed by atoms with Crippen LogP contribution >= 0.6 is 0 Å². The van der Waals surface area contributed by atoms with Crippen LogP contribution in [-0.2, 0) is 0 Å². The number of carbonyl (C=O) groups is 1. The second-order valence-corrected chi connectivity index (χ2v) is 7.93. The van der Waals surface area contributed by atoms with E-state index in [9.17, 15) is 9.90 Å². The number of anilines is 1. The zero-order valence-electron chi connectivity index (χ0n) is 16.2. The Morgan fingerprint density at radius 3 is 2.73 bits per heavy atom. The molecule has 1 atom stereocenters. The van der Waals surface area contributed by atoms with Gasteiger partial charge < -0.3 is 19.8 Å². The molecule has 3 rings (SSSR count). The van der Waals surface area contributed by atoms with E-state index < -0.39 is 0 Å². The molecule has 2 saturated heterocycles. The van der Waals surface area contributed by atoms with E-state index in [-0.39, 0.29) is 17.9 Å². The highest BCUT2D eigenvalue weighted by Gasteiger charge is 2.34. The van der Waals surface area contributed by atoms with Gasteiger partial charge in [0.25, 0.3) is 5.91 Å². The lowest BCUT2D eigenvalue weighted by Gasteiger charge is -2.42. The van der Waals surface area contributed by atoms with Crippen molar-refractivity contribution in [2.24, 2.45) is 5.41 Å². The largest absolute Gasteiger partial charge is 0.396 e. The van der Waals surface area contributed by atoms with E-state index in [2.05, 4.69) is 28.8 Å². The van der Waals surface area contributed by atoms with Crippen molar-refractivity contribution < 1.29 is 9.90 Å². The summed E-state index contributed by atoms with van der Waals surface area (Å²) in [5.41, 5.74) is 0.682. The summed E-state index contributed by atoms with van der Waals surface area (Å²) in [6.07, 6.45) is 5.96. The Balaban J connectivity index is 1.73. The van der Waals surface area contributed by atoms with Crippen molar-refractivity contribution in [1.29, 1.82) is 0 Å². The van der Waals surface area contributed by atoms with Crippen molar-refractivity contribution in [3.63, 3.8) is 0 Å². The maximum absolute atomic E-state index is 12.8. The van der Waals surface area contributed by atoms with Gasteiger partial charge in [0.2, 0.25) is 0 Å².